The summed E-state index contributed by atoms with van der Waals surface area (Å²) in [6, 6.07) is 11.2. The lowest BCUT2D eigenvalue weighted by atomic mass is 10.0. The van der Waals surface area contributed by atoms with Gasteiger partial charge in [-0.3, -0.25) is 9.59 Å². The van der Waals surface area contributed by atoms with Crippen molar-refractivity contribution in [3.8, 4) is 5.75 Å². The van der Waals surface area contributed by atoms with E-state index < -0.39 is 0 Å². The van der Waals surface area contributed by atoms with E-state index in [1.54, 1.807) is 35.9 Å². The van der Waals surface area contributed by atoms with Gasteiger partial charge in [0, 0.05) is 33.1 Å². The summed E-state index contributed by atoms with van der Waals surface area (Å²) in [6.45, 7) is 2.74. The van der Waals surface area contributed by atoms with Crippen molar-refractivity contribution in [2.75, 3.05) is 20.1 Å². The lowest BCUT2D eigenvalue weighted by Gasteiger charge is -2.36. The molecule has 0 saturated carbocycles. The minimum absolute atomic E-state index is 0.0154. The molecule has 5 nitrogen and oxygen atoms in total. The molecule has 1 saturated heterocycles. The van der Waals surface area contributed by atoms with Crippen molar-refractivity contribution in [1.82, 2.24) is 9.80 Å². The summed E-state index contributed by atoms with van der Waals surface area (Å²) < 4.78 is 0. The predicted molar refractivity (Wildman–Crippen MR) is 93.0 cm³/mol. The van der Waals surface area contributed by atoms with Gasteiger partial charge in [-0.1, -0.05) is 24.3 Å². The first kappa shape index (κ1) is 16.3. The van der Waals surface area contributed by atoms with E-state index in [9.17, 15) is 14.7 Å². The number of nitrogens with zero attached hydrogens (tertiary/aromatic N) is 2. The lowest BCUT2D eigenvalue weighted by molar-refractivity contribution is -0.130. The first-order valence-corrected chi connectivity index (χ1v) is 8.22. The molecule has 24 heavy (non-hydrogen) atoms. The fourth-order valence-electron chi connectivity index (χ4n) is 3.28. The van der Waals surface area contributed by atoms with E-state index in [2.05, 4.69) is 0 Å². The normalized spacial score (nSPS) is 15.5. The molecule has 3 rings (SSSR count). The SMILES string of the molecule is CC(=O)N(C)C1CCN(C(=O)c2cc3ccccc3cc2O)CC1. The first-order chi connectivity index (χ1) is 11.5. The molecule has 0 spiro atoms. The van der Waals surface area contributed by atoms with Crippen LogP contribution in [0, 0.1) is 0 Å². The maximum Gasteiger partial charge on any atom is 0.257 e. The van der Waals surface area contributed by atoms with Gasteiger partial charge >= 0.3 is 0 Å². The van der Waals surface area contributed by atoms with E-state index in [1.807, 2.05) is 24.3 Å². The number of hydrogen-bond acceptors (Lipinski definition) is 3. The van der Waals surface area contributed by atoms with Gasteiger partial charge in [-0.2, -0.15) is 0 Å². The van der Waals surface area contributed by atoms with Crippen LogP contribution in [-0.2, 0) is 4.79 Å². The molecule has 1 N–H and O–H groups in total. The maximum atomic E-state index is 12.8. The van der Waals surface area contributed by atoms with Crippen LogP contribution in [0.15, 0.2) is 36.4 Å². The zero-order valence-corrected chi connectivity index (χ0v) is 14.0. The Balaban J connectivity index is 1.76. The second-order valence-corrected chi connectivity index (χ2v) is 6.37. The number of fused-ring (bicyclic) bond motifs is 1. The molecule has 0 unspecified atom stereocenters. The van der Waals surface area contributed by atoms with Gasteiger partial charge in [-0.05, 0) is 35.7 Å². The third-order valence-corrected chi connectivity index (χ3v) is 4.89. The zero-order valence-electron chi connectivity index (χ0n) is 14.0. The number of benzene rings is 2. The van der Waals surface area contributed by atoms with Gasteiger partial charge in [0.1, 0.15) is 5.75 Å². The molecule has 1 aliphatic heterocycles. The van der Waals surface area contributed by atoms with E-state index in [0.717, 1.165) is 23.6 Å². The molecule has 0 aromatic heterocycles. The molecule has 1 fully saturated rings. The summed E-state index contributed by atoms with van der Waals surface area (Å²) in [5.74, 6) is -0.0872. The Hall–Kier alpha value is -2.56. The minimum Gasteiger partial charge on any atom is -0.507 e. The van der Waals surface area contributed by atoms with Crippen LogP contribution in [-0.4, -0.2) is 52.9 Å². The fraction of sp³-hybridized carbons (Fsp3) is 0.368. The number of amides is 2. The number of rotatable bonds is 2. The molecule has 0 bridgehead atoms. The van der Waals surface area contributed by atoms with Crippen LogP contribution in [0.5, 0.6) is 5.75 Å². The number of carbonyl (C=O) groups excluding carboxylic acids is 2. The van der Waals surface area contributed by atoms with E-state index in [4.69, 9.17) is 0 Å². The van der Waals surface area contributed by atoms with Gasteiger partial charge in [0.25, 0.3) is 5.91 Å². The number of piperidine rings is 1. The van der Waals surface area contributed by atoms with Crippen LogP contribution in [0.2, 0.25) is 0 Å². The molecule has 1 aliphatic rings. The fourth-order valence-corrected chi connectivity index (χ4v) is 3.28. The highest BCUT2D eigenvalue weighted by atomic mass is 16.3. The summed E-state index contributed by atoms with van der Waals surface area (Å²) in [4.78, 5) is 27.7. The number of likely N-dealkylation sites (tertiary alicyclic amines) is 1. The Bertz CT molecular complexity index is 779. The highest BCUT2D eigenvalue weighted by Gasteiger charge is 2.28. The topological polar surface area (TPSA) is 60.9 Å². The summed E-state index contributed by atoms with van der Waals surface area (Å²) in [5, 5.41) is 12.1. The lowest BCUT2D eigenvalue weighted by Crippen LogP contribution is -2.46. The Morgan fingerprint density at radius 2 is 1.71 bits per heavy atom. The Kier molecular flexibility index (Phi) is 4.42. The van der Waals surface area contributed by atoms with Gasteiger partial charge in [0.15, 0.2) is 0 Å². The average molecular weight is 326 g/mol. The van der Waals surface area contributed by atoms with Crippen molar-refractivity contribution in [2.45, 2.75) is 25.8 Å². The van der Waals surface area contributed by atoms with Crippen LogP contribution >= 0.6 is 0 Å². The highest BCUT2D eigenvalue weighted by molar-refractivity contribution is 6.01. The van der Waals surface area contributed by atoms with E-state index in [1.165, 1.54) is 0 Å². The summed E-state index contributed by atoms with van der Waals surface area (Å²) >= 11 is 0. The number of carbonyl (C=O) groups is 2. The molecule has 5 heteroatoms. The number of hydrogen-bond donors (Lipinski definition) is 1. The summed E-state index contributed by atoms with van der Waals surface area (Å²) in [6.07, 6.45) is 1.52. The van der Waals surface area contributed by atoms with Crippen molar-refractivity contribution in [3.05, 3.63) is 42.0 Å². The molecule has 0 aliphatic carbocycles. The largest absolute Gasteiger partial charge is 0.507 e. The van der Waals surface area contributed by atoms with Crippen molar-refractivity contribution >= 4 is 22.6 Å². The summed E-state index contributed by atoms with van der Waals surface area (Å²) in [7, 11) is 1.81. The second kappa shape index (κ2) is 6.51. The van der Waals surface area contributed by atoms with E-state index in [-0.39, 0.29) is 23.6 Å². The molecular formula is C19H22N2O3. The van der Waals surface area contributed by atoms with Crippen LogP contribution < -0.4 is 0 Å². The molecular weight excluding hydrogens is 304 g/mol. The molecule has 2 amide bonds. The number of aromatic hydroxyl groups is 1. The number of phenolic OH excluding ortho intramolecular Hbond substituents is 1. The monoisotopic (exact) mass is 326 g/mol. The minimum atomic E-state index is -0.151. The quantitative estimate of drug-likeness (QED) is 0.923. The predicted octanol–water partition coefficient (Wildman–Crippen LogP) is 2.63. The average Bonchev–Trinajstić information content (AvgIpc) is 2.60. The Morgan fingerprint density at radius 3 is 2.29 bits per heavy atom. The van der Waals surface area contributed by atoms with E-state index in [0.29, 0.717) is 18.7 Å². The standard InChI is InChI=1S/C19H22N2O3/c1-13(22)20(2)16-7-9-21(10-8-16)19(24)17-11-14-5-3-4-6-15(14)12-18(17)23/h3-6,11-12,16,23H,7-10H2,1-2H3. The maximum absolute atomic E-state index is 12.8. The van der Waals surface area contributed by atoms with Gasteiger partial charge < -0.3 is 14.9 Å². The van der Waals surface area contributed by atoms with Gasteiger partial charge in [-0.15, -0.1) is 0 Å². The molecule has 2 aromatic carbocycles. The highest BCUT2D eigenvalue weighted by Crippen LogP contribution is 2.27. The molecule has 0 atom stereocenters. The zero-order chi connectivity index (χ0) is 17.3. The number of phenols is 1. The van der Waals surface area contributed by atoms with Crippen LogP contribution in [0.3, 0.4) is 0 Å². The molecule has 1 heterocycles. The van der Waals surface area contributed by atoms with Crippen molar-refractivity contribution in [2.24, 2.45) is 0 Å². The molecule has 126 valence electrons. The van der Waals surface area contributed by atoms with Crippen LogP contribution in [0.25, 0.3) is 10.8 Å². The first-order valence-electron chi connectivity index (χ1n) is 8.22. The molecule has 2 aromatic rings. The Morgan fingerprint density at radius 1 is 1.12 bits per heavy atom. The van der Waals surface area contributed by atoms with Gasteiger partial charge in [0.05, 0.1) is 5.56 Å². The van der Waals surface area contributed by atoms with E-state index >= 15 is 0 Å². The van der Waals surface area contributed by atoms with Crippen molar-refractivity contribution in [3.63, 3.8) is 0 Å². The summed E-state index contributed by atoms with van der Waals surface area (Å²) in [5.41, 5.74) is 0.340. The smallest absolute Gasteiger partial charge is 0.257 e. The van der Waals surface area contributed by atoms with Gasteiger partial charge in [-0.25, -0.2) is 0 Å². The third kappa shape index (κ3) is 3.07. The van der Waals surface area contributed by atoms with Crippen LogP contribution in [0.1, 0.15) is 30.1 Å². The second-order valence-electron chi connectivity index (χ2n) is 6.37. The van der Waals surface area contributed by atoms with Gasteiger partial charge in [0.2, 0.25) is 5.91 Å². The third-order valence-electron chi connectivity index (χ3n) is 4.89. The van der Waals surface area contributed by atoms with Crippen molar-refractivity contribution < 1.29 is 14.7 Å². The Labute approximate surface area is 141 Å². The van der Waals surface area contributed by atoms with Crippen molar-refractivity contribution in [1.29, 1.82) is 0 Å². The van der Waals surface area contributed by atoms with Crippen LogP contribution in [0.4, 0.5) is 0 Å². The molecule has 0 radical (unpaired) electrons.